The summed E-state index contributed by atoms with van der Waals surface area (Å²) in [5.41, 5.74) is 1.25. The molecule has 1 atom stereocenters. The summed E-state index contributed by atoms with van der Waals surface area (Å²) in [5, 5.41) is 3.13. The third-order valence-corrected chi connectivity index (χ3v) is 4.02. The van der Waals surface area contributed by atoms with E-state index in [1.165, 1.54) is 18.4 Å². The molecular formula is C16H23NO3. The molecule has 1 saturated heterocycles. The van der Waals surface area contributed by atoms with Gasteiger partial charge in [-0.1, -0.05) is 12.1 Å². The van der Waals surface area contributed by atoms with E-state index in [9.17, 15) is 0 Å². The van der Waals surface area contributed by atoms with Crippen LogP contribution in [0, 0.1) is 0 Å². The zero-order valence-electron chi connectivity index (χ0n) is 12.1. The summed E-state index contributed by atoms with van der Waals surface area (Å²) in [6.07, 6.45) is 4.54. The number of hydrogen-bond acceptors (Lipinski definition) is 4. The highest BCUT2D eigenvalue weighted by molar-refractivity contribution is 5.27. The lowest BCUT2D eigenvalue weighted by molar-refractivity contribution is -0.164. The fraction of sp³-hybridized carbons (Fsp3) is 0.625. The summed E-state index contributed by atoms with van der Waals surface area (Å²) in [5.74, 6) is 0.603. The molecule has 20 heavy (non-hydrogen) atoms. The molecule has 2 fully saturated rings. The zero-order chi connectivity index (χ0) is 13.8. The average Bonchev–Trinajstić information content (AvgIpc) is 3.09. The minimum Gasteiger partial charge on any atom is -0.491 e. The Morgan fingerprint density at radius 3 is 2.70 bits per heavy atom. The second kappa shape index (κ2) is 6.12. The molecule has 1 aliphatic carbocycles. The fourth-order valence-corrected chi connectivity index (χ4v) is 2.97. The van der Waals surface area contributed by atoms with Crippen molar-refractivity contribution >= 4 is 0 Å². The van der Waals surface area contributed by atoms with E-state index in [4.69, 9.17) is 14.2 Å². The molecule has 2 aliphatic rings. The van der Waals surface area contributed by atoms with E-state index in [2.05, 4.69) is 17.4 Å². The van der Waals surface area contributed by atoms with E-state index in [1.54, 1.807) is 0 Å². The Kier molecular flexibility index (Phi) is 4.24. The van der Waals surface area contributed by atoms with Crippen molar-refractivity contribution in [3.8, 4) is 5.75 Å². The molecule has 1 spiro atoms. The first-order valence-corrected chi connectivity index (χ1v) is 7.48. The molecule has 0 radical (unpaired) electrons. The SMILES string of the molecule is CNCc1ccc(OCC2COC3(CCCC3)O2)cc1. The van der Waals surface area contributed by atoms with Gasteiger partial charge in [-0.15, -0.1) is 0 Å². The van der Waals surface area contributed by atoms with Crippen LogP contribution in [0.2, 0.25) is 0 Å². The Morgan fingerprint density at radius 2 is 2.00 bits per heavy atom. The smallest absolute Gasteiger partial charge is 0.169 e. The molecule has 1 N–H and O–H groups in total. The van der Waals surface area contributed by atoms with Crippen LogP contribution in [0.1, 0.15) is 31.2 Å². The molecule has 0 amide bonds. The van der Waals surface area contributed by atoms with Gasteiger partial charge in [0.2, 0.25) is 0 Å². The molecule has 0 aromatic heterocycles. The number of benzene rings is 1. The molecule has 3 rings (SSSR count). The summed E-state index contributed by atoms with van der Waals surface area (Å²) in [4.78, 5) is 0. The van der Waals surface area contributed by atoms with Crippen molar-refractivity contribution in [3.63, 3.8) is 0 Å². The topological polar surface area (TPSA) is 39.7 Å². The molecule has 1 aromatic carbocycles. The second-order valence-electron chi connectivity index (χ2n) is 5.65. The Labute approximate surface area is 120 Å². The lowest BCUT2D eigenvalue weighted by Gasteiger charge is -2.21. The first-order valence-electron chi connectivity index (χ1n) is 7.48. The number of hydrogen-bond donors (Lipinski definition) is 1. The van der Waals surface area contributed by atoms with Crippen LogP contribution in [0.25, 0.3) is 0 Å². The molecule has 4 nitrogen and oxygen atoms in total. The maximum Gasteiger partial charge on any atom is 0.169 e. The first kappa shape index (κ1) is 13.9. The number of rotatable bonds is 5. The molecule has 1 unspecified atom stereocenters. The highest BCUT2D eigenvalue weighted by atomic mass is 16.8. The summed E-state index contributed by atoms with van der Waals surface area (Å²) in [6, 6.07) is 8.17. The van der Waals surface area contributed by atoms with E-state index in [0.717, 1.165) is 25.1 Å². The van der Waals surface area contributed by atoms with E-state index in [1.807, 2.05) is 19.2 Å². The molecular weight excluding hydrogens is 254 g/mol. The minimum atomic E-state index is -0.287. The Hall–Kier alpha value is -1.10. The van der Waals surface area contributed by atoms with Gasteiger partial charge in [0.15, 0.2) is 5.79 Å². The predicted molar refractivity (Wildman–Crippen MR) is 76.7 cm³/mol. The predicted octanol–water partition coefficient (Wildman–Crippen LogP) is 2.47. The van der Waals surface area contributed by atoms with Crippen molar-refractivity contribution in [1.82, 2.24) is 5.32 Å². The van der Waals surface area contributed by atoms with Crippen molar-refractivity contribution in [1.29, 1.82) is 0 Å². The van der Waals surface area contributed by atoms with Crippen LogP contribution >= 0.6 is 0 Å². The van der Waals surface area contributed by atoms with E-state index in [-0.39, 0.29) is 11.9 Å². The van der Waals surface area contributed by atoms with Crippen LogP contribution in [0.15, 0.2) is 24.3 Å². The maximum absolute atomic E-state index is 6.04. The minimum absolute atomic E-state index is 0.0603. The van der Waals surface area contributed by atoms with Crippen LogP contribution in [0.4, 0.5) is 0 Å². The molecule has 110 valence electrons. The normalized spacial score (nSPS) is 24.4. The fourth-order valence-electron chi connectivity index (χ4n) is 2.97. The van der Waals surface area contributed by atoms with Gasteiger partial charge in [0.1, 0.15) is 18.5 Å². The van der Waals surface area contributed by atoms with Crippen LogP contribution in [-0.2, 0) is 16.0 Å². The van der Waals surface area contributed by atoms with E-state index in [0.29, 0.717) is 13.2 Å². The Balaban J connectivity index is 1.47. The molecule has 1 heterocycles. The van der Waals surface area contributed by atoms with Gasteiger partial charge < -0.3 is 19.5 Å². The van der Waals surface area contributed by atoms with Gasteiger partial charge in [0.25, 0.3) is 0 Å². The number of ether oxygens (including phenoxy) is 3. The third-order valence-electron chi connectivity index (χ3n) is 4.02. The molecule has 1 aromatic rings. The standard InChI is InChI=1S/C16H23NO3/c1-17-10-13-4-6-14(7-5-13)18-11-15-12-19-16(20-15)8-2-3-9-16/h4-7,15,17H,2-3,8-12H2,1H3. The lowest BCUT2D eigenvalue weighted by atomic mass is 10.2. The van der Waals surface area contributed by atoms with Crippen molar-refractivity contribution < 1.29 is 14.2 Å². The molecule has 1 aliphatic heterocycles. The van der Waals surface area contributed by atoms with Gasteiger partial charge in [-0.3, -0.25) is 0 Å². The highest BCUT2D eigenvalue weighted by Gasteiger charge is 2.43. The van der Waals surface area contributed by atoms with Gasteiger partial charge in [0.05, 0.1) is 6.61 Å². The molecule has 1 saturated carbocycles. The van der Waals surface area contributed by atoms with E-state index >= 15 is 0 Å². The Morgan fingerprint density at radius 1 is 1.25 bits per heavy atom. The van der Waals surface area contributed by atoms with Gasteiger partial charge in [-0.25, -0.2) is 0 Å². The molecule has 0 bridgehead atoms. The van der Waals surface area contributed by atoms with Crippen molar-refractivity contribution in [2.75, 3.05) is 20.3 Å². The average molecular weight is 277 g/mol. The summed E-state index contributed by atoms with van der Waals surface area (Å²) >= 11 is 0. The summed E-state index contributed by atoms with van der Waals surface area (Å²) < 4.78 is 17.7. The van der Waals surface area contributed by atoms with Gasteiger partial charge in [0, 0.05) is 19.4 Å². The van der Waals surface area contributed by atoms with Crippen LogP contribution < -0.4 is 10.1 Å². The third kappa shape index (κ3) is 3.14. The van der Waals surface area contributed by atoms with Crippen molar-refractivity contribution in [2.24, 2.45) is 0 Å². The summed E-state index contributed by atoms with van der Waals surface area (Å²) in [6.45, 7) is 2.09. The van der Waals surface area contributed by atoms with Gasteiger partial charge >= 0.3 is 0 Å². The van der Waals surface area contributed by atoms with Gasteiger partial charge in [-0.2, -0.15) is 0 Å². The van der Waals surface area contributed by atoms with Crippen LogP contribution in [0.3, 0.4) is 0 Å². The lowest BCUT2D eigenvalue weighted by Crippen LogP contribution is -2.28. The number of nitrogens with one attached hydrogen (secondary N) is 1. The van der Waals surface area contributed by atoms with Crippen molar-refractivity contribution in [3.05, 3.63) is 29.8 Å². The first-order chi connectivity index (χ1) is 9.80. The monoisotopic (exact) mass is 277 g/mol. The second-order valence-corrected chi connectivity index (χ2v) is 5.65. The largest absolute Gasteiger partial charge is 0.491 e. The quantitative estimate of drug-likeness (QED) is 0.897. The van der Waals surface area contributed by atoms with E-state index < -0.39 is 0 Å². The van der Waals surface area contributed by atoms with Crippen LogP contribution in [0.5, 0.6) is 5.75 Å². The highest BCUT2D eigenvalue weighted by Crippen LogP contribution is 2.39. The van der Waals surface area contributed by atoms with Crippen molar-refractivity contribution in [2.45, 2.75) is 44.1 Å². The molecule has 4 heteroatoms. The summed E-state index contributed by atoms with van der Waals surface area (Å²) in [7, 11) is 1.95. The van der Waals surface area contributed by atoms with Crippen LogP contribution in [-0.4, -0.2) is 32.2 Å². The Bertz CT molecular complexity index is 426. The van der Waals surface area contributed by atoms with Gasteiger partial charge in [-0.05, 0) is 37.6 Å². The maximum atomic E-state index is 6.04. The zero-order valence-corrected chi connectivity index (χ0v) is 12.1.